The minimum Gasteiger partial charge on any atom is -0.427 e. The quantitative estimate of drug-likeness (QED) is 0.420. The third-order valence-corrected chi connectivity index (χ3v) is 5.54. The minimum atomic E-state index is -3.12. The van der Waals surface area contributed by atoms with E-state index in [4.69, 9.17) is 4.98 Å². The minimum absolute atomic E-state index is 0.290. The van der Waals surface area contributed by atoms with E-state index in [1.165, 1.54) is 12.1 Å². The van der Waals surface area contributed by atoms with Crippen molar-refractivity contribution in [3.05, 3.63) is 58.4 Å². The first kappa shape index (κ1) is 20.1. The smallest absolute Gasteiger partial charge is 0.387 e. The van der Waals surface area contributed by atoms with Gasteiger partial charge >= 0.3 is 12.3 Å². The predicted octanol–water partition coefficient (Wildman–Crippen LogP) is 4.95. The molecule has 1 fully saturated rings. The topological polar surface area (TPSA) is 73.4 Å². The Hall–Kier alpha value is -3.23. The summed E-state index contributed by atoms with van der Waals surface area (Å²) in [5.41, 5.74) is 2.28. The molecule has 1 aliphatic rings. The van der Waals surface area contributed by atoms with Crippen LogP contribution < -0.4 is 9.64 Å². The van der Waals surface area contributed by atoms with Crippen LogP contribution in [0.3, 0.4) is 0 Å². The predicted molar refractivity (Wildman–Crippen MR) is 109 cm³/mol. The molecule has 0 saturated carbocycles. The van der Waals surface area contributed by atoms with Crippen molar-refractivity contribution in [3.8, 4) is 5.75 Å². The van der Waals surface area contributed by atoms with Crippen molar-refractivity contribution in [3.63, 3.8) is 0 Å². The van der Waals surface area contributed by atoms with Crippen LogP contribution in [0.4, 0.5) is 20.2 Å². The molecule has 4 rings (SSSR count). The molecule has 0 aliphatic carbocycles. The van der Waals surface area contributed by atoms with Gasteiger partial charge in [-0.05, 0) is 31.0 Å². The molecule has 0 bridgehead atoms. The standard InChI is InChI=1S/C21H22F2N4O3/c1-2-20-24-16-5-3-4-6-17(16)26(20)14-9-11-25(12-10-14)15-7-8-18(27(28)29)19(13-15)30-21(22)23/h3-8,13-14,21H,2,9-12H2,1H3. The Morgan fingerprint density at radius 1 is 1.23 bits per heavy atom. The van der Waals surface area contributed by atoms with Crippen LogP contribution in [0.15, 0.2) is 42.5 Å². The molecule has 2 heterocycles. The Labute approximate surface area is 172 Å². The maximum absolute atomic E-state index is 12.7. The molecule has 9 heteroatoms. The first-order valence-corrected chi connectivity index (χ1v) is 9.92. The van der Waals surface area contributed by atoms with Crippen LogP contribution in [-0.4, -0.2) is 34.2 Å². The van der Waals surface area contributed by atoms with Gasteiger partial charge in [0.2, 0.25) is 5.75 Å². The number of aromatic nitrogens is 2. The number of halogens is 2. The Morgan fingerprint density at radius 2 is 1.97 bits per heavy atom. The first-order valence-electron chi connectivity index (χ1n) is 9.92. The molecule has 3 aromatic rings. The van der Waals surface area contributed by atoms with E-state index in [2.05, 4.69) is 22.3 Å². The normalized spacial score (nSPS) is 15.1. The molecule has 1 saturated heterocycles. The molecule has 1 aliphatic heterocycles. The highest BCUT2D eigenvalue weighted by atomic mass is 19.3. The molecule has 0 unspecified atom stereocenters. The largest absolute Gasteiger partial charge is 0.427 e. The van der Waals surface area contributed by atoms with Gasteiger partial charge in [-0.15, -0.1) is 0 Å². The first-order chi connectivity index (χ1) is 14.5. The zero-order chi connectivity index (χ0) is 21.3. The van der Waals surface area contributed by atoms with Gasteiger partial charge in [0.15, 0.2) is 0 Å². The number of hydrogen-bond acceptors (Lipinski definition) is 5. The summed E-state index contributed by atoms with van der Waals surface area (Å²) in [6.07, 6.45) is 2.55. The average molecular weight is 416 g/mol. The average Bonchev–Trinajstić information content (AvgIpc) is 3.12. The second-order valence-electron chi connectivity index (χ2n) is 7.25. The van der Waals surface area contributed by atoms with Crippen molar-refractivity contribution in [2.24, 2.45) is 0 Å². The lowest BCUT2D eigenvalue weighted by molar-refractivity contribution is -0.386. The maximum Gasteiger partial charge on any atom is 0.387 e. The number of fused-ring (bicyclic) bond motifs is 1. The fourth-order valence-corrected chi connectivity index (χ4v) is 4.17. The Kier molecular flexibility index (Phi) is 5.52. The second-order valence-corrected chi connectivity index (χ2v) is 7.25. The van der Waals surface area contributed by atoms with E-state index in [0.29, 0.717) is 24.8 Å². The van der Waals surface area contributed by atoms with E-state index in [0.717, 1.165) is 36.1 Å². The molecule has 30 heavy (non-hydrogen) atoms. The SMILES string of the molecule is CCc1nc2ccccc2n1C1CCN(c2ccc([N+](=O)[O-])c(OC(F)F)c2)CC1. The number of nitrogens with zero attached hydrogens (tertiary/aromatic N) is 4. The highest BCUT2D eigenvalue weighted by molar-refractivity contribution is 5.76. The summed E-state index contributed by atoms with van der Waals surface area (Å²) in [4.78, 5) is 17.2. The second kappa shape index (κ2) is 8.25. The van der Waals surface area contributed by atoms with Crippen LogP contribution in [0.25, 0.3) is 11.0 Å². The number of alkyl halides is 2. The van der Waals surface area contributed by atoms with E-state index >= 15 is 0 Å². The lowest BCUT2D eigenvalue weighted by Crippen LogP contribution is -2.35. The van der Waals surface area contributed by atoms with E-state index in [1.54, 1.807) is 6.07 Å². The summed E-state index contributed by atoms with van der Waals surface area (Å²) in [7, 11) is 0. The van der Waals surface area contributed by atoms with Crippen molar-refractivity contribution < 1.29 is 18.4 Å². The summed E-state index contributed by atoms with van der Waals surface area (Å²) in [6.45, 7) is 0.374. The molecule has 0 amide bonds. The molecule has 158 valence electrons. The lowest BCUT2D eigenvalue weighted by Gasteiger charge is -2.35. The molecule has 7 nitrogen and oxygen atoms in total. The lowest BCUT2D eigenvalue weighted by atomic mass is 10.0. The Balaban J connectivity index is 1.55. The maximum atomic E-state index is 12.7. The molecule has 0 spiro atoms. The number of nitro groups is 1. The number of ether oxygens (including phenoxy) is 1. The molecular formula is C21H22F2N4O3. The summed E-state index contributed by atoms with van der Waals surface area (Å²) in [5, 5.41) is 11.1. The van der Waals surface area contributed by atoms with Gasteiger partial charge in [-0.25, -0.2) is 4.98 Å². The summed E-state index contributed by atoms with van der Waals surface area (Å²) in [5.74, 6) is 0.640. The van der Waals surface area contributed by atoms with Gasteiger partial charge in [-0.2, -0.15) is 8.78 Å². The zero-order valence-electron chi connectivity index (χ0n) is 16.5. The number of nitro benzene ring substituents is 1. The van der Waals surface area contributed by atoms with E-state index in [1.807, 2.05) is 23.1 Å². The summed E-state index contributed by atoms with van der Waals surface area (Å²) in [6, 6.07) is 12.5. The van der Waals surface area contributed by atoms with Crippen LogP contribution >= 0.6 is 0 Å². The van der Waals surface area contributed by atoms with Gasteiger partial charge in [0.05, 0.1) is 16.0 Å². The van der Waals surface area contributed by atoms with E-state index in [-0.39, 0.29) is 0 Å². The van der Waals surface area contributed by atoms with Gasteiger partial charge in [0.25, 0.3) is 0 Å². The van der Waals surface area contributed by atoms with Crippen LogP contribution in [0, 0.1) is 10.1 Å². The molecule has 0 N–H and O–H groups in total. The van der Waals surface area contributed by atoms with Gasteiger partial charge in [0.1, 0.15) is 5.82 Å². The van der Waals surface area contributed by atoms with Crippen LogP contribution in [0.5, 0.6) is 5.75 Å². The molecule has 1 aromatic heterocycles. The Bertz CT molecular complexity index is 1060. The third kappa shape index (κ3) is 3.79. The van der Waals surface area contributed by atoms with Crippen LogP contribution in [-0.2, 0) is 6.42 Å². The zero-order valence-corrected chi connectivity index (χ0v) is 16.5. The van der Waals surface area contributed by atoms with Crippen LogP contribution in [0.2, 0.25) is 0 Å². The number of aryl methyl sites for hydroxylation is 1. The molecular weight excluding hydrogens is 394 g/mol. The fourth-order valence-electron chi connectivity index (χ4n) is 4.17. The van der Waals surface area contributed by atoms with Crippen LogP contribution in [0.1, 0.15) is 31.6 Å². The number of anilines is 1. The van der Waals surface area contributed by atoms with Crippen molar-refractivity contribution in [2.75, 3.05) is 18.0 Å². The molecule has 0 radical (unpaired) electrons. The number of benzene rings is 2. The monoisotopic (exact) mass is 416 g/mol. The fraction of sp³-hybridized carbons (Fsp3) is 0.381. The third-order valence-electron chi connectivity index (χ3n) is 5.54. The van der Waals surface area contributed by atoms with Gasteiger partial charge in [-0.1, -0.05) is 19.1 Å². The number of para-hydroxylation sites is 2. The Morgan fingerprint density at radius 3 is 2.63 bits per heavy atom. The van der Waals surface area contributed by atoms with Gasteiger partial charge in [0, 0.05) is 43.4 Å². The van der Waals surface area contributed by atoms with Gasteiger partial charge in [-0.3, -0.25) is 10.1 Å². The number of imidazole rings is 1. The highest BCUT2D eigenvalue weighted by Gasteiger charge is 2.26. The van der Waals surface area contributed by atoms with E-state index < -0.39 is 23.0 Å². The summed E-state index contributed by atoms with van der Waals surface area (Å²) >= 11 is 0. The highest BCUT2D eigenvalue weighted by Crippen LogP contribution is 2.36. The number of rotatable bonds is 6. The van der Waals surface area contributed by atoms with Gasteiger partial charge < -0.3 is 14.2 Å². The van der Waals surface area contributed by atoms with Crippen molar-refractivity contribution in [1.29, 1.82) is 0 Å². The van der Waals surface area contributed by atoms with Crippen molar-refractivity contribution >= 4 is 22.4 Å². The number of hydrogen-bond donors (Lipinski definition) is 0. The van der Waals surface area contributed by atoms with Crippen molar-refractivity contribution in [2.45, 2.75) is 38.8 Å². The van der Waals surface area contributed by atoms with Crippen molar-refractivity contribution in [1.82, 2.24) is 9.55 Å². The van der Waals surface area contributed by atoms with E-state index in [9.17, 15) is 18.9 Å². The summed E-state index contributed by atoms with van der Waals surface area (Å²) < 4.78 is 32.1. The molecule has 2 aromatic carbocycles. The molecule has 0 atom stereocenters. The number of piperidine rings is 1.